The number of anilines is 1. The van der Waals surface area contributed by atoms with Crippen molar-refractivity contribution in [2.24, 2.45) is 0 Å². The number of rotatable bonds is 4. The molecule has 0 saturated carbocycles. The molecule has 0 spiro atoms. The molecule has 5 rings (SSSR count). The molecule has 0 radical (unpaired) electrons. The van der Waals surface area contributed by atoms with Gasteiger partial charge in [0.2, 0.25) is 0 Å². The third kappa shape index (κ3) is 3.38. The summed E-state index contributed by atoms with van der Waals surface area (Å²) in [7, 11) is 1.60. The van der Waals surface area contributed by atoms with E-state index in [4.69, 9.17) is 0 Å². The third-order valence-corrected chi connectivity index (χ3v) is 6.10. The zero-order valence-corrected chi connectivity index (χ0v) is 17.8. The van der Waals surface area contributed by atoms with Gasteiger partial charge in [-0.15, -0.1) is 0 Å². The number of fused-ring (bicyclic) bond motifs is 2. The molecule has 1 saturated heterocycles. The average Bonchev–Trinajstić information content (AvgIpc) is 3.46. The Kier molecular flexibility index (Phi) is 4.59. The van der Waals surface area contributed by atoms with Crippen LogP contribution in [0.25, 0.3) is 11.0 Å². The Hall–Kier alpha value is -3.52. The highest BCUT2D eigenvalue weighted by Crippen LogP contribution is 2.44. The van der Waals surface area contributed by atoms with Crippen molar-refractivity contribution in [3.05, 3.63) is 75.1 Å². The first-order chi connectivity index (χ1) is 15.0. The fourth-order valence-electron chi connectivity index (χ4n) is 4.38. The van der Waals surface area contributed by atoms with E-state index in [0.29, 0.717) is 17.3 Å². The molecule has 1 unspecified atom stereocenters. The number of pyridine rings is 3. The van der Waals surface area contributed by atoms with Crippen LogP contribution in [-0.4, -0.2) is 51.9 Å². The first-order valence-corrected chi connectivity index (χ1v) is 10.3. The van der Waals surface area contributed by atoms with Gasteiger partial charge in [0, 0.05) is 44.1 Å². The highest BCUT2D eigenvalue weighted by molar-refractivity contribution is 5.92. The lowest BCUT2D eigenvalue weighted by Gasteiger charge is -2.34. The van der Waals surface area contributed by atoms with E-state index in [1.807, 2.05) is 24.4 Å². The molecule has 1 atom stereocenters. The van der Waals surface area contributed by atoms with Crippen LogP contribution in [0.5, 0.6) is 0 Å². The Labute approximate surface area is 179 Å². The number of aromatic amines is 1. The molecule has 8 heteroatoms. The summed E-state index contributed by atoms with van der Waals surface area (Å²) < 4.78 is 0. The smallest absolute Gasteiger partial charge is 0.269 e. The van der Waals surface area contributed by atoms with Gasteiger partial charge in [0.25, 0.3) is 11.5 Å². The number of hydrogen-bond acceptors (Lipinski definition) is 6. The van der Waals surface area contributed by atoms with E-state index < -0.39 is 0 Å². The van der Waals surface area contributed by atoms with Crippen molar-refractivity contribution in [1.82, 2.24) is 25.2 Å². The van der Waals surface area contributed by atoms with E-state index in [9.17, 15) is 9.59 Å². The van der Waals surface area contributed by atoms with Gasteiger partial charge in [0.05, 0.1) is 29.0 Å². The predicted molar refractivity (Wildman–Crippen MR) is 119 cm³/mol. The van der Waals surface area contributed by atoms with Crippen molar-refractivity contribution in [2.75, 3.05) is 25.0 Å². The SMILES string of the molecule is CNC(=O)c1ccc(N2CCN(Cc3cnc4cc(C)c(=O)[nH]c4c3)C3C(C)=C32)cn1. The molecular weight excluding hydrogens is 392 g/mol. The second-order valence-corrected chi connectivity index (χ2v) is 8.13. The van der Waals surface area contributed by atoms with E-state index in [1.54, 1.807) is 26.2 Å². The third-order valence-electron chi connectivity index (χ3n) is 6.10. The summed E-state index contributed by atoms with van der Waals surface area (Å²) in [6.45, 7) is 6.47. The number of H-pyrrole nitrogens is 1. The van der Waals surface area contributed by atoms with Crippen LogP contribution < -0.4 is 15.8 Å². The Bertz CT molecular complexity index is 1280. The predicted octanol–water partition coefficient (Wildman–Crippen LogP) is 1.96. The molecule has 1 aliphatic heterocycles. The maximum Gasteiger partial charge on any atom is 0.269 e. The molecule has 0 bridgehead atoms. The highest BCUT2D eigenvalue weighted by Gasteiger charge is 2.45. The molecular formula is C23H24N6O2. The maximum absolute atomic E-state index is 11.9. The van der Waals surface area contributed by atoms with Gasteiger partial charge in [-0.3, -0.25) is 19.5 Å². The monoisotopic (exact) mass is 416 g/mol. The van der Waals surface area contributed by atoms with Crippen molar-refractivity contribution in [3.63, 3.8) is 0 Å². The maximum atomic E-state index is 11.9. The van der Waals surface area contributed by atoms with Gasteiger partial charge in [-0.1, -0.05) is 0 Å². The highest BCUT2D eigenvalue weighted by atomic mass is 16.1. The normalized spacial score (nSPS) is 18.3. The van der Waals surface area contributed by atoms with Crippen LogP contribution in [0.15, 0.2) is 52.7 Å². The van der Waals surface area contributed by atoms with Crippen LogP contribution in [0.1, 0.15) is 28.5 Å². The summed E-state index contributed by atoms with van der Waals surface area (Å²) in [5.74, 6) is -0.184. The Balaban J connectivity index is 1.32. The molecule has 1 aliphatic carbocycles. The minimum atomic E-state index is -0.184. The molecule has 1 fully saturated rings. The topological polar surface area (TPSA) is 94.2 Å². The molecule has 2 aliphatic rings. The number of aromatic nitrogens is 3. The van der Waals surface area contributed by atoms with E-state index in [0.717, 1.165) is 41.9 Å². The zero-order valence-electron chi connectivity index (χ0n) is 17.8. The summed E-state index contributed by atoms with van der Waals surface area (Å²) >= 11 is 0. The van der Waals surface area contributed by atoms with Gasteiger partial charge >= 0.3 is 0 Å². The standard InChI is InChI=1S/C23H24N6O2/c1-13-8-18-19(27-22(13)30)9-15(10-25-18)12-28-6-7-29(21-14(2)20(21)28)16-4-5-17(26-11-16)23(31)24-3/h4-5,8-11,20H,6-7,12H2,1-3H3,(H,24,31)(H,27,30). The molecule has 4 heterocycles. The fraction of sp³-hybridized carbons (Fsp3) is 0.304. The largest absolute Gasteiger partial charge is 0.354 e. The van der Waals surface area contributed by atoms with Crippen LogP contribution in [-0.2, 0) is 6.54 Å². The van der Waals surface area contributed by atoms with Crippen LogP contribution in [0, 0.1) is 6.92 Å². The molecule has 8 nitrogen and oxygen atoms in total. The lowest BCUT2D eigenvalue weighted by atomic mass is 10.1. The van der Waals surface area contributed by atoms with E-state index >= 15 is 0 Å². The number of amides is 1. The molecule has 31 heavy (non-hydrogen) atoms. The molecule has 3 aromatic heterocycles. The molecule has 3 aromatic rings. The van der Waals surface area contributed by atoms with Gasteiger partial charge in [-0.2, -0.15) is 0 Å². The number of piperazine rings is 1. The van der Waals surface area contributed by atoms with Crippen LogP contribution in [0.3, 0.4) is 0 Å². The summed E-state index contributed by atoms with van der Waals surface area (Å²) in [5.41, 5.74) is 7.33. The van der Waals surface area contributed by atoms with E-state index in [2.05, 4.69) is 37.0 Å². The Morgan fingerprint density at radius 3 is 2.77 bits per heavy atom. The van der Waals surface area contributed by atoms with Gasteiger partial charge < -0.3 is 15.2 Å². The Morgan fingerprint density at radius 2 is 2.03 bits per heavy atom. The summed E-state index contributed by atoms with van der Waals surface area (Å²) in [6, 6.07) is 7.87. The first kappa shape index (κ1) is 19.4. The van der Waals surface area contributed by atoms with E-state index in [-0.39, 0.29) is 11.5 Å². The van der Waals surface area contributed by atoms with E-state index in [1.165, 1.54) is 11.3 Å². The van der Waals surface area contributed by atoms with Crippen molar-refractivity contribution in [3.8, 4) is 0 Å². The average molecular weight is 416 g/mol. The number of carbonyl (C=O) groups excluding carboxylic acids is 1. The van der Waals surface area contributed by atoms with Gasteiger partial charge in [-0.05, 0) is 49.2 Å². The Morgan fingerprint density at radius 1 is 1.19 bits per heavy atom. The van der Waals surface area contributed by atoms with Crippen molar-refractivity contribution in [2.45, 2.75) is 26.4 Å². The summed E-state index contributed by atoms with van der Waals surface area (Å²) in [5, 5.41) is 2.59. The van der Waals surface area contributed by atoms with Gasteiger partial charge in [0.1, 0.15) is 5.69 Å². The fourth-order valence-corrected chi connectivity index (χ4v) is 4.38. The van der Waals surface area contributed by atoms with Crippen LogP contribution in [0.2, 0.25) is 0 Å². The quantitative estimate of drug-likeness (QED) is 0.675. The second-order valence-electron chi connectivity index (χ2n) is 8.13. The summed E-state index contributed by atoms with van der Waals surface area (Å²) in [6.07, 6.45) is 3.66. The van der Waals surface area contributed by atoms with Gasteiger partial charge in [0.15, 0.2) is 0 Å². The van der Waals surface area contributed by atoms with Crippen LogP contribution in [0.4, 0.5) is 5.69 Å². The molecule has 158 valence electrons. The van der Waals surface area contributed by atoms with Crippen molar-refractivity contribution < 1.29 is 4.79 Å². The molecule has 2 N–H and O–H groups in total. The number of carbonyl (C=O) groups is 1. The lowest BCUT2D eigenvalue weighted by molar-refractivity contribution is 0.0958. The van der Waals surface area contributed by atoms with Gasteiger partial charge in [-0.25, -0.2) is 4.98 Å². The number of nitrogens with one attached hydrogen (secondary N) is 2. The number of aryl methyl sites for hydroxylation is 1. The first-order valence-electron chi connectivity index (χ1n) is 10.3. The number of nitrogens with zero attached hydrogens (tertiary/aromatic N) is 4. The molecule has 0 aromatic carbocycles. The zero-order chi connectivity index (χ0) is 21.7. The summed E-state index contributed by atoms with van der Waals surface area (Å²) in [4.78, 5) is 40.2. The minimum Gasteiger partial charge on any atom is -0.354 e. The van der Waals surface area contributed by atoms with Crippen molar-refractivity contribution >= 4 is 22.6 Å². The molecule has 1 amide bonds. The lowest BCUT2D eigenvalue weighted by Crippen LogP contribution is -2.43. The second kappa shape index (κ2) is 7.31. The number of hydrogen-bond donors (Lipinski definition) is 2. The van der Waals surface area contributed by atoms with Crippen LogP contribution >= 0.6 is 0 Å². The van der Waals surface area contributed by atoms with Crippen molar-refractivity contribution in [1.29, 1.82) is 0 Å². The minimum absolute atomic E-state index is 0.0712.